The molecule has 0 amide bonds. The van der Waals surface area contributed by atoms with Crippen LogP contribution in [-0.4, -0.2) is 52.9 Å². The lowest BCUT2D eigenvalue weighted by Gasteiger charge is -2.25. The molecule has 2 N–H and O–H groups in total. The molecule has 0 heterocycles. The van der Waals surface area contributed by atoms with E-state index >= 15 is 0 Å². The van der Waals surface area contributed by atoms with E-state index in [0.29, 0.717) is 0 Å². The van der Waals surface area contributed by atoms with Crippen molar-refractivity contribution in [3.8, 4) is 0 Å². The van der Waals surface area contributed by atoms with Crippen molar-refractivity contribution in [2.24, 2.45) is 16.3 Å². The van der Waals surface area contributed by atoms with Crippen molar-refractivity contribution in [2.75, 3.05) is 7.11 Å². The quantitative estimate of drug-likeness (QED) is 0.233. The van der Waals surface area contributed by atoms with Gasteiger partial charge in [0, 0.05) is 20.1 Å². The van der Waals surface area contributed by atoms with Gasteiger partial charge < -0.3 is 9.84 Å². The van der Waals surface area contributed by atoms with Gasteiger partial charge in [0.05, 0.1) is 18.1 Å². The van der Waals surface area contributed by atoms with Gasteiger partial charge >= 0.3 is 0 Å². The highest BCUT2D eigenvalue weighted by Crippen LogP contribution is 2.70. The molecule has 4 unspecified atom stereocenters. The lowest BCUT2D eigenvalue weighted by atomic mass is 9.92. The van der Waals surface area contributed by atoms with Gasteiger partial charge in [0.25, 0.3) is 5.84 Å². The zero-order valence-corrected chi connectivity index (χ0v) is 17.2. The summed E-state index contributed by atoms with van der Waals surface area (Å²) in [5.41, 5.74) is -0.840. The number of ether oxygens (including phenoxy) is 1. The van der Waals surface area contributed by atoms with Gasteiger partial charge in [0.2, 0.25) is 6.23 Å². The van der Waals surface area contributed by atoms with Gasteiger partial charge in [0.1, 0.15) is 0 Å². The fourth-order valence-corrected chi connectivity index (χ4v) is 4.15. The van der Waals surface area contributed by atoms with Gasteiger partial charge in [-0.25, -0.2) is 4.58 Å². The number of nitrogens with zero attached hydrogens (tertiary/aromatic N) is 2. The molecule has 0 aromatic carbocycles. The van der Waals surface area contributed by atoms with Crippen LogP contribution in [0, 0.1) is 11.3 Å². The highest BCUT2D eigenvalue weighted by molar-refractivity contribution is 5.79. The Bertz CT molecular complexity index is 594. The Kier molecular flexibility index (Phi) is 6.21. The molecule has 0 radical (unpaired) electrons. The monoisotopic (exact) mass is 350 g/mol. The predicted molar refractivity (Wildman–Crippen MR) is 105 cm³/mol. The van der Waals surface area contributed by atoms with Crippen molar-refractivity contribution in [1.82, 2.24) is 5.32 Å². The number of nitrogens with one attached hydrogen (secondary N) is 1. The molecule has 0 aromatic rings. The third kappa shape index (κ3) is 2.92. The van der Waals surface area contributed by atoms with E-state index in [2.05, 4.69) is 57.9 Å². The van der Waals surface area contributed by atoms with Gasteiger partial charge in [-0.2, -0.15) is 0 Å². The summed E-state index contributed by atoms with van der Waals surface area (Å²) in [6.45, 7) is 26.5. The minimum Gasteiger partial charge on any atom is -0.358 e. The van der Waals surface area contributed by atoms with Crippen LogP contribution in [0.3, 0.4) is 0 Å². The fraction of sp³-hybridized carbons (Fsp3) is 0.700. The molecule has 1 aliphatic carbocycles. The van der Waals surface area contributed by atoms with Gasteiger partial charge in [0.15, 0.2) is 11.3 Å². The van der Waals surface area contributed by atoms with E-state index in [1.807, 2.05) is 18.4 Å². The number of aliphatic hydroxyl groups is 1. The van der Waals surface area contributed by atoms with E-state index < -0.39 is 22.9 Å². The lowest BCUT2D eigenvalue weighted by molar-refractivity contribution is -0.483. The van der Waals surface area contributed by atoms with Crippen molar-refractivity contribution < 1.29 is 14.4 Å². The second kappa shape index (κ2) is 7.14. The highest BCUT2D eigenvalue weighted by atomic mass is 16.5. The van der Waals surface area contributed by atoms with Gasteiger partial charge in [-0.1, -0.05) is 38.1 Å². The summed E-state index contributed by atoms with van der Waals surface area (Å²) in [7, 11) is 1.70. The van der Waals surface area contributed by atoms with E-state index in [9.17, 15) is 5.11 Å². The van der Waals surface area contributed by atoms with E-state index in [-0.39, 0.29) is 12.0 Å². The van der Waals surface area contributed by atoms with E-state index in [4.69, 9.17) is 4.74 Å². The minimum absolute atomic E-state index is 0.0966. The second-order valence-corrected chi connectivity index (χ2v) is 7.81. The molecule has 0 aliphatic heterocycles. The van der Waals surface area contributed by atoms with Crippen LogP contribution < -0.4 is 5.32 Å². The maximum absolute atomic E-state index is 9.80. The lowest BCUT2D eigenvalue weighted by Crippen LogP contribution is -2.50. The molecule has 5 nitrogen and oxygen atoms in total. The average Bonchev–Trinajstić information content (AvgIpc) is 2.95. The molecule has 5 heteroatoms. The first-order valence-corrected chi connectivity index (χ1v) is 8.88. The van der Waals surface area contributed by atoms with Crippen molar-refractivity contribution in [3.05, 3.63) is 24.8 Å². The minimum atomic E-state index is -0.798. The summed E-state index contributed by atoms with van der Waals surface area (Å²) in [5, 5.41) is 13.4. The van der Waals surface area contributed by atoms with E-state index in [1.54, 1.807) is 20.1 Å². The Morgan fingerprint density at radius 2 is 1.76 bits per heavy atom. The number of amidine groups is 1. The van der Waals surface area contributed by atoms with Crippen molar-refractivity contribution in [3.63, 3.8) is 0 Å². The molecule has 142 valence electrons. The topological polar surface area (TPSA) is 56.9 Å². The molecule has 1 saturated carbocycles. The Morgan fingerprint density at radius 3 is 2.08 bits per heavy atom. The summed E-state index contributed by atoms with van der Waals surface area (Å²) in [6.07, 6.45) is 0.975. The van der Waals surface area contributed by atoms with Crippen LogP contribution in [0.4, 0.5) is 0 Å². The van der Waals surface area contributed by atoms with Crippen LogP contribution in [0.25, 0.3) is 0 Å². The maximum atomic E-state index is 9.80. The number of methoxy groups -OCH3 is 1. The second-order valence-electron chi connectivity index (χ2n) is 7.81. The molecule has 0 spiro atoms. The van der Waals surface area contributed by atoms with Crippen molar-refractivity contribution in [2.45, 2.75) is 72.0 Å². The molecule has 4 atom stereocenters. The summed E-state index contributed by atoms with van der Waals surface area (Å²) < 4.78 is 7.94. The first-order chi connectivity index (χ1) is 11.4. The molecule has 25 heavy (non-hydrogen) atoms. The smallest absolute Gasteiger partial charge is 0.298 e. The van der Waals surface area contributed by atoms with Crippen LogP contribution in [0.1, 0.15) is 48.5 Å². The molecular weight excluding hydrogens is 314 g/mol. The predicted octanol–water partition coefficient (Wildman–Crippen LogP) is 2.95. The number of aliphatic hydroxyl groups excluding tert-OH is 1. The number of hydrogen-bond donors (Lipinski definition) is 2. The standard InChI is InChI=1S/C20H36N3O2/c1-12-15(6)18(8)19(9,20(18,25-11)22-14(4)5)23(10)17(13(2)3)21-16(7)24/h12-14,16,22,24H,1,6,10H2,2-5,7-9,11H3/q+1. The third-order valence-corrected chi connectivity index (χ3v) is 5.64. The van der Waals surface area contributed by atoms with Crippen LogP contribution >= 0.6 is 0 Å². The van der Waals surface area contributed by atoms with Gasteiger partial charge in [-0.15, -0.1) is 0 Å². The Morgan fingerprint density at radius 1 is 1.24 bits per heavy atom. The Hall–Kier alpha value is -1.30. The molecule has 1 fully saturated rings. The van der Waals surface area contributed by atoms with Crippen LogP contribution in [0.15, 0.2) is 29.8 Å². The number of hydrogen-bond acceptors (Lipinski definition) is 4. The van der Waals surface area contributed by atoms with Crippen LogP contribution in [0.2, 0.25) is 0 Å². The largest absolute Gasteiger partial charge is 0.358 e. The molecular formula is C20H36N3O2+. The van der Waals surface area contributed by atoms with Crippen molar-refractivity contribution >= 4 is 12.6 Å². The fourth-order valence-electron chi connectivity index (χ4n) is 4.15. The van der Waals surface area contributed by atoms with Gasteiger partial charge in [-0.3, -0.25) is 5.32 Å². The highest BCUT2D eigenvalue weighted by Gasteiger charge is 2.89. The Balaban J connectivity index is 3.58. The summed E-state index contributed by atoms with van der Waals surface area (Å²) in [4.78, 5) is 4.41. The summed E-state index contributed by atoms with van der Waals surface area (Å²) in [6, 6.07) is 0.198. The first-order valence-electron chi connectivity index (χ1n) is 8.88. The number of allylic oxidation sites excluding steroid dienone is 1. The summed E-state index contributed by atoms with van der Waals surface area (Å²) in [5.74, 6) is 0.824. The molecule has 1 rings (SSSR count). The zero-order valence-electron chi connectivity index (χ0n) is 17.2. The van der Waals surface area contributed by atoms with E-state index in [1.165, 1.54) is 0 Å². The zero-order chi connectivity index (χ0) is 19.8. The SMILES string of the molecule is C=CC(=C)C1(C)C(NC(C)C)(OC)C1(C)[N+](=C)C(=NC(C)O)C(C)C. The first kappa shape index (κ1) is 21.7. The average molecular weight is 351 g/mol. The van der Waals surface area contributed by atoms with Gasteiger partial charge in [-0.05, 0) is 33.3 Å². The van der Waals surface area contributed by atoms with Crippen LogP contribution in [0.5, 0.6) is 0 Å². The normalized spacial score (nSPS) is 33.5. The third-order valence-electron chi connectivity index (χ3n) is 5.64. The molecule has 1 aliphatic rings. The molecule has 0 saturated heterocycles. The number of aliphatic imine (C=N–C) groups is 1. The number of rotatable bonds is 8. The van der Waals surface area contributed by atoms with Crippen molar-refractivity contribution in [1.29, 1.82) is 0 Å². The maximum Gasteiger partial charge on any atom is 0.298 e. The molecule has 0 aromatic heterocycles. The van der Waals surface area contributed by atoms with E-state index in [0.717, 1.165) is 11.4 Å². The molecule has 0 bridgehead atoms. The summed E-state index contributed by atoms with van der Waals surface area (Å²) >= 11 is 0. The Labute approximate surface area is 153 Å². The van der Waals surface area contributed by atoms with Crippen LogP contribution in [-0.2, 0) is 4.74 Å².